The van der Waals surface area contributed by atoms with Crippen molar-refractivity contribution in [3.05, 3.63) is 12.3 Å². The van der Waals surface area contributed by atoms with Gasteiger partial charge in [0.1, 0.15) is 5.82 Å². The number of hydrogen-bond acceptors (Lipinski definition) is 6. The first-order valence-corrected chi connectivity index (χ1v) is 10.1. The lowest BCUT2D eigenvalue weighted by Crippen LogP contribution is -2.51. The van der Waals surface area contributed by atoms with Crippen LogP contribution >= 0.6 is 0 Å². The molecule has 0 saturated carbocycles. The maximum absolute atomic E-state index is 12.8. The molecule has 1 aromatic rings. The predicted octanol–water partition coefficient (Wildman–Crippen LogP) is 1.36. The summed E-state index contributed by atoms with van der Waals surface area (Å²) in [6.07, 6.45) is 8.52. The number of aromatic nitrogens is 2. The van der Waals surface area contributed by atoms with Gasteiger partial charge in [-0.25, -0.2) is 4.98 Å². The zero-order valence-electron chi connectivity index (χ0n) is 15.5. The van der Waals surface area contributed by atoms with Crippen LogP contribution in [0.2, 0.25) is 0 Å². The number of hydrogen-bond donors (Lipinski definition) is 1. The molecule has 0 aromatic carbocycles. The van der Waals surface area contributed by atoms with Gasteiger partial charge in [0.05, 0.1) is 5.92 Å². The molecule has 3 aliphatic heterocycles. The second-order valence-corrected chi connectivity index (χ2v) is 7.86. The maximum Gasteiger partial charge on any atom is 0.226 e. The molecule has 26 heavy (non-hydrogen) atoms. The van der Waals surface area contributed by atoms with Crippen LogP contribution in [0.25, 0.3) is 0 Å². The number of nitrogen functional groups attached to an aromatic ring is 1. The fourth-order valence-electron chi connectivity index (χ4n) is 4.74. The Kier molecular flexibility index (Phi) is 5.24. The third-order valence-electron chi connectivity index (χ3n) is 6.18. The number of carbonyl (C=O) groups excluding carboxylic acids is 1. The Labute approximate surface area is 155 Å². The molecule has 3 fully saturated rings. The van der Waals surface area contributed by atoms with E-state index in [2.05, 4.69) is 24.7 Å². The SMILES string of the molecule is Nc1nccc(N2CCC(N3CCCC(C(=O)N4CCCC4)C3)CC2)n1. The summed E-state index contributed by atoms with van der Waals surface area (Å²) in [6, 6.07) is 2.52. The topological polar surface area (TPSA) is 78.6 Å². The molecule has 1 amide bonds. The van der Waals surface area contributed by atoms with Crippen LogP contribution in [0.15, 0.2) is 12.3 Å². The molecule has 3 aliphatic rings. The van der Waals surface area contributed by atoms with Crippen LogP contribution in [0.4, 0.5) is 11.8 Å². The highest BCUT2D eigenvalue weighted by atomic mass is 16.2. The van der Waals surface area contributed by atoms with Crippen LogP contribution in [-0.2, 0) is 4.79 Å². The van der Waals surface area contributed by atoms with Crippen molar-refractivity contribution in [2.45, 2.75) is 44.6 Å². The van der Waals surface area contributed by atoms with Crippen molar-refractivity contribution in [2.75, 3.05) is 49.9 Å². The minimum atomic E-state index is 0.210. The fourth-order valence-corrected chi connectivity index (χ4v) is 4.74. The molecule has 2 N–H and O–H groups in total. The van der Waals surface area contributed by atoms with Crippen LogP contribution in [-0.4, -0.2) is 71.0 Å². The summed E-state index contributed by atoms with van der Waals surface area (Å²) in [7, 11) is 0. The van der Waals surface area contributed by atoms with Crippen molar-refractivity contribution in [1.29, 1.82) is 0 Å². The standard InChI is InChI=1S/C19H30N6O/c20-19-21-8-5-17(22-19)23-12-6-16(7-13-23)25-11-3-4-15(14-25)18(26)24-9-1-2-10-24/h5,8,15-16H,1-4,6-7,9-14H2,(H2,20,21,22). The number of piperidine rings is 2. The second kappa shape index (κ2) is 7.78. The van der Waals surface area contributed by atoms with E-state index in [1.807, 2.05) is 6.07 Å². The Morgan fingerprint density at radius 3 is 2.54 bits per heavy atom. The molecule has 0 radical (unpaired) electrons. The fraction of sp³-hybridized carbons (Fsp3) is 0.737. The highest BCUT2D eigenvalue weighted by Gasteiger charge is 2.34. The molecule has 7 heteroatoms. The van der Waals surface area contributed by atoms with Crippen molar-refractivity contribution < 1.29 is 4.79 Å². The molecule has 7 nitrogen and oxygen atoms in total. The summed E-state index contributed by atoms with van der Waals surface area (Å²) >= 11 is 0. The molecule has 1 atom stereocenters. The Bertz CT molecular complexity index is 624. The number of anilines is 2. The monoisotopic (exact) mass is 358 g/mol. The zero-order chi connectivity index (χ0) is 17.9. The van der Waals surface area contributed by atoms with Gasteiger partial charge in [-0.05, 0) is 51.1 Å². The van der Waals surface area contributed by atoms with Gasteiger partial charge in [0.15, 0.2) is 0 Å². The molecular formula is C19H30N6O. The highest BCUT2D eigenvalue weighted by molar-refractivity contribution is 5.79. The molecule has 0 bridgehead atoms. The second-order valence-electron chi connectivity index (χ2n) is 7.86. The average molecular weight is 358 g/mol. The average Bonchev–Trinajstić information content (AvgIpc) is 3.22. The predicted molar refractivity (Wildman–Crippen MR) is 102 cm³/mol. The van der Waals surface area contributed by atoms with Crippen molar-refractivity contribution in [1.82, 2.24) is 19.8 Å². The zero-order valence-corrected chi connectivity index (χ0v) is 15.5. The Balaban J connectivity index is 1.31. The number of rotatable bonds is 3. The first-order valence-electron chi connectivity index (χ1n) is 10.1. The number of nitrogens with two attached hydrogens (primary N) is 1. The lowest BCUT2D eigenvalue weighted by atomic mass is 9.93. The van der Waals surface area contributed by atoms with Gasteiger partial charge >= 0.3 is 0 Å². The van der Waals surface area contributed by atoms with E-state index >= 15 is 0 Å². The van der Waals surface area contributed by atoms with Crippen LogP contribution in [0, 0.1) is 5.92 Å². The van der Waals surface area contributed by atoms with E-state index in [4.69, 9.17) is 5.73 Å². The molecule has 1 aromatic heterocycles. The number of carbonyl (C=O) groups is 1. The molecular weight excluding hydrogens is 328 g/mol. The summed E-state index contributed by atoms with van der Waals surface area (Å²) in [5.41, 5.74) is 5.71. The summed E-state index contributed by atoms with van der Waals surface area (Å²) in [5, 5.41) is 0. The van der Waals surface area contributed by atoms with Gasteiger partial charge < -0.3 is 15.5 Å². The van der Waals surface area contributed by atoms with Crippen molar-refractivity contribution in [3.63, 3.8) is 0 Å². The summed E-state index contributed by atoms with van der Waals surface area (Å²) in [5.74, 6) is 1.88. The van der Waals surface area contributed by atoms with E-state index in [0.29, 0.717) is 17.9 Å². The van der Waals surface area contributed by atoms with E-state index < -0.39 is 0 Å². The van der Waals surface area contributed by atoms with Crippen LogP contribution in [0.3, 0.4) is 0 Å². The highest BCUT2D eigenvalue weighted by Crippen LogP contribution is 2.27. The Hall–Kier alpha value is -1.89. The summed E-state index contributed by atoms with van der Waals surface area (Å²) in [4.78, 5) is 28.0. The minimum Gasteiger partial charge on any atom is -0.368 e. The lowest BCUT2D eigenvalue weighted by molar-refractivity contribution is -0.136. The van der Waals surface area contributed by atoms with Crippen LogP contribution in [0.5, 0.6) is 0 Å². The van der Waals surface area contributed by atoms with Gasteiger partial charge in [0.2, 0.25) is 11.9 Å². The smallest absolute Gasteiger partial charge is 0.226 e. The largest absolute Gasteiger partial charge is 0.368 e. The van der Waals surface area contributed by atoms with E-state index in [-0.39, 0.29) is 5.92 Å². The third kappa shape index (κ3) is 3.77. The molecule has 3 saturated heterocycles. The minimum absolute atomic E-state index is 0.210. The number of likely N-dealkylation sites (tertiary alicyclic amines) is 2. The quantitative estimate of drug-likeness (QED) is 0.879. The van der Waals surface area contributed by atoms with Crippen LogP contribution < -0.4 is 10.6 Å². The summed E-state index contributed by atoms with van der Waals surface area (Å²) < 4.78 is 0. The van der Waals surface area contributed by atoms with Crippen molar-refractivity contribution in [2.24, 2.45) is 5.92 Å². The molecule has 1 unspecified atom stereocenters. The van der Waals surface area contributed by atoms with Crippen molar-refractivity contribution >= 4 is 17.7 Å². The van der Waals surface area contributed by atoms with E-state index in [9.17, 15) is 4.79 Å². The molecule has 4 heterocycles. The van der Waals surface area contributed by atoms with Gasteiger partial charge in [0, 0.05) is 45.0 Å². The van der Waals surface area contributed by atoms with Gasteiger partial charge in [-0.15, -0.1) is 0 Å². The molecule has 142 valence electrons. The van der Waals surface area contributed by atoms with E-state index in [0.717, 1.165) is 70.8 Å². The lowest BCUT2D eigenvalue weighted by Gasteiger charge is -2.42. The normalized spacial score (nSPS) is 25.6. The first-order chi connectivity index (χ1) is 12.7. The van der Waals surface area contributed by atoms with Gasteiger partial charge in [-0.1, -0.05) is 0 Å². The van der Waals surface area contributed by atoms with Gasteiger partial charge in [-0.3, -0.25) is 9.69 Å². The van der Waals surface area contributed by atoms with Crippen molar-refractivity contribution in [3.8, 4) is 0 Å². The summed E-state index contributed by atoms with van der Waals surface area (Å²) in [6.45, 7) is 5.99. The third-order valence-corrected chi connectivity index (χ3v) is 6.18. The van der Waals surface area contributed by atoms with Gasteiger partial charge in [0.25, 0.3) is 0 Å². The maximum atomic E-state index is 12.8. The number of nitrogens with zero attached hydrogens (tertiary/aromatic N) is 5. The molecule has 0 aliphatic carbocycles. The van der Waals surface area contributed by atoms with E-state index in [1.165, 1.54) is 12.8 Å². The van der Waals surface area contributed by atoms with Crippen LogP contribution in [0.1, 0.15) is 38.5 Å². The van der Waals surface area contributed by atoms with Gasteiger partial charge in [-0.2, -0.15) is 4.98 Å². The Morgan fingerprint density at radius 2 is 1.81 bits per heavy atom. The van der Waals surface area contributed by atoms with E-state index in [1.54, 1.807) is 6.20 Å². The number of amides is 1. The first kappa shape index (κ1) is 17.5. The molecule has 4 rings (SSSR count). The molecule has 0 spiro atoms. The Morgan fingerprint density at radius 1 is 1.04 bits per heavy atom.